The molecule has 0 fully saturated rings. The van der Waals surface area contributed by atoms with Gasteiger partial charge in [0.15, 0.2) is 0 Å². The Morgan fingerprint density at radius 2 is 2.00 bits per heavy atom. The lowest BCUT2D eigenvalue weighted by Crippen LogP contribution is -2.10. The topological polar surface area (TPSA) is 50.9 Å². The van der Waals surface area contributed by atoms with Gasteiger partial charge in [-0.2, -0.15) is 0 Å². The number of anilines is 1. The Hall–Kier alpha value is -1.75. The number of hydrogen-bond acceptors (Lipinski definition) is 3. The van der Waals surface area contributed by atoms with E-state index < -0.39 is 11.6 Å². The molecule has 5 heteroatoms. The number of aromatic nitrogens is 1. The second-order valence-corrected chi connectivity index (χ2v) is 5.12. The Morgan fingerprint density at radius 1 is 1.32 bits per heavy atom. The number of rotatable bonds is 3. The molecule has 0 spiro atoms. The van der Waals surface area contributed by atoms with E-state index in [9.17, 15) is 8.78 Å². The summed E-state index contributed by atoms with van der Waals surface area (Å²) in [6.45, 7) is 5.58. The number of pyridine rings is 1. The summed E-state index contributed by atoms with van der Waals surface area (Å²) in [4.78, 5) is 4.21. The predicted molar refractivity (Wildman–Crippen MR) is 72.7 cm³/mol. The van der Waals surface area contributed by atoms with Crippen molar-refractivity contribution in [2.24, 2.45) is 11.8 Å². The van der Waals surface area contributed by atoms with Gasteiger partial charge in [-0.15, -0.1) is 0 Å². The maximum Gasteiger partial charge on any atom is 0.149 e. The first kappa shape index (κ1) is 13.7. The first-order valence-corrected chi connectivity index (χ1v) is 6.19. The van der Waals surface area contributed by atoms with E-state index in [4.69, 9.17) is 5.84 Å². The lowest BCUT2D eigenvalue weighted by atomic mass is 10.0. The van der Waals surface area contributed by atoms with E-state index in [1.165, 1.54) is 6.92 Å². The normalized spacial score (nSPS) is 11.3. The monoisotopic (exact) mass is 265 g/mol. The molecule has 19 heavy (non-hydrogen) atoms. The molecular weight excluding hydrogens is 248 g/mol. The molecule has 102 valence electrons. The molecule has 2 rings (SSSR count). The van der Waals surface area contributed by atoms with Crippen molar-refractivity contribution < 1.29 is 8.78 Å². The second-order valence-electron chi connectivity index (χ2n) is 5.12. The predicted octanol–water partition coefficient (Wildman–Crippen LogP) is 3.31. The molecule has 0 radical (unpaired) electrons. The van der Waals surface area contributed by atoms with E-state index in [1.54, 1.807) is 6.07 Å². The lowest BCUT2D eigenvalue weighted by molar-refractivity contribution is 0.604. The molecule has 1 heterocycles. The largest absolute Gasteiger partial charge is 0.323 e. The summed E-state index contributed by atoms with van der Waals surface area (Å²) in [5.74, 6) is 4.76. The van der Waals surface area contributed by atoms with E-state index in [1.807, 2.05) is 13.8 Å². The van der Waals surface area contributed by atoms with Crippen molar-refractivity contribution in [2.45, 2.75) is 27.2 Å². The number of nitrogens with two attached hydrogens (primary N) is 1. The maximum absolute atomic E-state index is 14.1. The minimum Gasteiger partial charge on any atom is -0.323 e. The number of benzene rings is 1. The molecule has 0 bridgehead atoms. The summed E-state index contributed by atoms with van der Waals surface area (Å²) < 4.78 is 28.1. The first-order valence-electron chi connectivity index (χ1n) is 6.19. The molecule has 0 aliphatic heterocycles. The van der Waals surface area contributed by atoms with Crippen molar-refractivity contribution in [3.05, 3.63) is 35.0 Å². The van der Waals surface area contributed by atoms with Gasteiger partial charge in [0.1, 0.15) is 17.2 Å². The standard InChI is InChI=1S/C14H17F2N3/c1-7(2)4-9-6-11(19-17)12-13(16)8(3)5-10(15)14(12)18-9/h5-7H,4,17H2,1-3H3,(H,18,19). The van der Waals surface area contributed by atoms with Crippen molar-refractivity contribution in [2.75, 3.05) is 5.43 Å². The second kappa shape index (κ2) is 5.09. The van der Waals surface area contributed by atoms with Crippen LogP contribution >= 0.6 is 0 Å². The Morgan fingerprint density at radius 3 is 2.58 bits per heavy atom. The zero-order valence-electron chi connectivity index (χ0n) is 11.2. The fourth-order valence-corrected chi connectivity index (χ4v) is 2.15. The van der Waals surface area contributed by atoms with Crippen LogP contribution in [0.1, 0.15) is 25.1 Å². The highest BCUT2D eigenvalue weighted by molar-refractivity contribution is 5.92. The van der Waals surface area contributed by atoms with Crippen LogP contribution < -0.4 is 11.3 Å². The Bertz CT molecular complexity index is 624. The summed E-state index contributed by atoms with van der Waals surface area (Å²) in [5, 5.41) is 0.104. The van der Waals surface area contributed by atoms with Gasteiger partial charge in [-0.1, -0.05) is 13.8 Å². The number of nitrogen functional groups attached to an aromatic ring is 1. The van der Waals surface area contributed by atoms with Crippen molar-refractivity contribution in [1.82, 2.24) is 4.98 Å². The van der Waals surface area contributed by atoms with Crippen LogP contribution in [0, 0.1) is 24.5 Å². The average molecular weight is 265 g/mol. The number of nitrogens with zero attached hydrogens (tertiary/aromatic N) is 1. The minimum atomic E-state index is -0.531. The van der Waals surface area contributed by atoms with Gasteiger partial charge in [-0.25, -0.2) is 13.8 Å². The van der Waals surface area contributed by atoms with Crippen LogP contribution in [0.4, 0.5) is 14.5 Å². The van der Waals surface area contributed by atoms with Gasteiger partial charge in [-0.3, -0.25) is 5.84 Å². The summed E-state index contributed by atoms with van der Waals surface area (Å²) in [6.07, 6.45) is 0.680. The van der Waals surface area contributed by atoms with Crippen molar-refractivity contribution in [3.63, 3.8) is 0 Å². The highest BCUT2D eigenvalue weighted by Gasteiger charge is 2.16. The molecule has 0 amide bonds. The summed E-state index contributed by atoms with van der Waals surface area (Å²) in [7, 11) is 0. The number of aryl methyl sites for hydroxylation is 1. The molecule has 3 N–H and O–H groups in total. The fourth-order valence-electron chi connectivity index (χ4n) is 2.15. The van der Waals surface area contributed by atoms with Gasteiger partial charge in [0, 0.05) is 5.69 Å². The third-order valence-electron chi connectivity index (χ3n) is 2.98. The van der Waals surface area contributed by atoms with Gasteiger partial charge >= 0.3 is 0 Å². The number of nitrogens with one attached hydrogen (secondary N) is 1. The average Bonchev–Trinajstić information content (AvgIpc) is 2.34. The molecule has 1 aromatic carbocycles. The molecule has 3 nitrogen and oxygen atoms in total. The van der Waals surface area contributed by atoms with Crippen LogP contribution in [0.5, 0.6) is 0 Å². The number of hydrogen-bond donors (Lipinski definition) is 2. The highest BCUT2D eigenvalue weighted by Crippen LogP contribution is 2.30. The third kappa shape index (κ3) is 2.51. The molecule has 1 aromatic heterocycles. The molecule has 0 aliphatic rings. The molecule has 0 atom stereocenters. The van der Waals surface area contributed by atoms with Crippen LogP contribution in [0.3, 0.4) is 0 Å². The minimum absolute atomic E-state index is 0.0224. The molecule has 0 unspecified atom stereocenters. The van der Waals surface area contributed by atoms with Crippen molar-refractivity contribution in [1.29, 1.82) is 0 Å². The SMILES string of the molecule is Cc1cc(F)c2nc(CC(C)C)cc(NN)c2c1F. The molecular formula is C14H17F2N3. The van der Waals surface area contributed by atoms with E-state index >= 15 is 0 Å². The van der Waals surface area contributed by atoms with Crippen LogP contribution in [0.2, 0.25) is 0 Å². The van der Waals surface area contributed by atoms with Gasteiger partial charge < -0.3 is 5.43 Å². The lowest BCUT2D eigenvalue weighted by Gasteiger charge is -2.12. The molecule has 2 aromatic rings. The fraction of sp³-hybridized carbons (Fsp3) is 0.357. The highest BCUT2D eigenvalue weighted by atomic mass is 19.1. The first-order chi connectivity index (χ1) is 8.93. The Kier molecular flexibility index (Phi) is 3.66. The Labute approximate surface area is 110 Å². The molecule has 0 saturated carbocycles. The maximum atomic E-state index is 14.1. The van der Waals surface area contributed by atoms with Gasteiger partial charge in [0.05, 0.1) is 11.1 Å². The van der Waals surface area contributed by atoms with Gasteiger partial charge in [0.25, 0.3) is 0 Å². The molecule has 0 aliphatic carbocycles. The number of fused-ring (bicyclic) bond motifs is 1. The van der Waals surface area contributed by atoms with E-state index in [2.05, 4.69) is 10.4 Å². The number of hydrazine groups is 1. The Balaban J connectivity index is 2.77. The zero-order chi connectivity index (χ0) is 14.2. The van der Waals surface area contributed by atoms with Crippen LogP contribution in [0.15, 0.2) is 12.1 Å². The van der Waals surface area contributed by atoms with Crippen LogP contribution in [-0.4, -0.2) is 4.98 Å². The van der Waals surface area contributed by atoms with Crippen molar-refractivity contribution >= 4 is 16.6 Å². The zero-order valence-corrected chi connectivity index (χ0v) is 11.2. The van der Waals surface area contributed by atoms with Gasteiger partial charge in [-0.05, 0) is 37.0 Å². The summed E-state index contributed by atoms with van der Waals surface area (Å²) in [5.41, 5.74) is 3.74. The van der Waals surface area contributed by atoms with Crippen molar-refractivity contribution in [3.8, 4) is 0 Å². The molecule has 0 saturated heterocycles. The summed E-state index contributed by atoms with van der Waals surface area (Å²) >= 11 is 0. The van der Waals surface area contributed by atoms with Gasteiger partial charge in [0.2, 0.25) is 0 Å². The van der Waals surface area contributed by atoms with E-state index in [-0.39, 0.29) is 16.5 Å². The quantitative estimate of drug-likeness (QED) is 0.661. The smallest absolute Gasteiger partial charge is 0.149 e. The van der Waals surface area contributed by atoms with Crippen LogP contribution in [0.25, 0.3) is 10.9 Å². The van der Waals surface area contributed by atoms with Crippen LogP contribution in [-0.2, 0) is 6.42 Å². The summed E-state index contributed by atoms with van der Waals surface area (Å²) in [6, 6.07) is 2.83. The van der Waals surface area contributed by atoms with E-state index in [0.29, 0.717) is 23.7 Å². The number of halogens is 2. The third-order valence-corrected chi connectivity index (χ3v) is 2.98. The van der Waals surface area contributed by atoms with E-state index in [0.717, 1.165) is 6.07 Å².